The van der Waals surface area contributed by atoms with Crippen molar-refractivity contribution >= 4 is 34.5 Å². The topological polar surface area (TPSA) is 32.7 Å². The fourth-order valence-corrected chi connectivity index (χ4v) is 6.15. The summed E-state index contributed by atoms with van der Waals surface area (Å²) in [6.45, 7) is 2.22. The van der Waals surface area contributed by atoms with E-state index >= 15 is 0 Å². The van der Waals surface area contributed by atoms with Crippen LogP contribution in [-0.4, -0.2) is 48.2 Å². The lowest BCUT2D eigenvalue weighted by Gasteiger charge is -2.18. The highest BCUT2D eigenvalue weighted by Gasteiger charge is 2.24. The number of fused-ring (bicyclic) bond motifs is 1. The van der Waals surface area contributed by atoms with Crippen LogP contribution in [0.2, 0.25) is 5.02 Å². The second-order valence-corrected chi connectivity index (χ2v) is 10.7. The van der Waals surface area contributed by atoms with Gasteiger partial charge in [0.25, 0.3) is 0 Å². The van der Waals surface area contributed by atoms with Crippen LogP contribution in [0.5, 0.6) is 11.5 Å². The predicted octanol–water partition coefficient (Wildman–Crippen LogP) is 7.45. The first-order valence-corrected chi connectivity index (χ1v) is 13.6. The number of nitrogens with zero attached hydrogens (tertiary/aromatic N) is 1. The maximum absolute atomic E-state index is 13.9. The Morgan fingerprint density at radius 1 is 1.06 bits per heavy atom. The molecule has 5 rings (SSSR count). The molecule has 1 fully saturated rings. The van der Waals surface area contributed by atoms with E-state index < -0.39 is 5.82 Å². The van der Waals surface area contributed by atoms with E-state index in [1.54, 1.807) is 36.0 Å². The third kappa shape index (κ3) is 5.56. The monoisotopic (exact) mass is 527 g/mol. The average molecular weight is 528 g/mol. The van der Waals surface area contributed by atoms with Gasteiger partial charge in [0.05, 0.1) is 11.7 Å². The number of thioether (sulfide) groups is 1. The minimum atomic E-state index is -0.444. The van der Waals surface area contributed by atoms with Gasteiger partial charge >= 0.3 is 0 Å². The van der Waals surface area contributed by atoms with Crippen LogP contribution in [0, 0.1) is 5.82 Å². The number of hydrogen-bond donors (Lipinski definition) is 1. The molecule has 0 saturated carbocycles. The van der Waals surface area contributed by atoms with Crippen molar-refractivity contribution in [3.8, 4) is 11.5 Å². The lowest BCUT2D eigenvalue weighted by molar-refractivity contribution is 0.198. The van der Waals surface area contributed by atoms with E-state index in [0.717, 1.165) is 76.7 Å². The van der Waals surface area contributed by atoms with Gasteiger partial charge in [0.2, 0.25) is 0 Å². The summed E-state index contributed by atoms with van der Waals surface area (Å²) in [5, 5.41) is 10.4. The zero-order valence-corrected chi connectivity index (χ0v) is 21.4. The van der Waals surface area contributed by atoms with Crippen molar-refractivity contribution in [2.24, 2.45) is 0 Å². The Labute approximate surface area is 219 Å². The molecule has 3 aromatic carbocycles. The number of likely N-dealkylation sites (tertiary alicyclic amines) is 1. The molecule has 2 heterocycles. The van der Waals surface area contributed by atoms with E-state index in [0.29, 0.717) is 6.42 Å². The normalized spacial score (nSPS) is 18.2. The third-order valence-electron chi connectivity index (χ3n) is 6.69. The maximum atomic E-state index is 13.9. The largest absolute Gasteiger partial charge is 0.508 e. The van der Waals surface area contributed by atoms with E-state index in [-0.39, 0.29) is 23.6 Å². The number of ether oxygens (including phenoxy) is 1. The van der Waals surface area contributed by atoms with E-state index in [2.05, 4.69) is 4.90 Å². The average Bonchev–Trinajstić information content (AvgIpc) is 3.24. The van der Waals surface area contributed by atoms with E-state index in [9.17, 15) is 13.9 Å². The Bertz CT molecular complexity index is 1260. The number of halogens is 3. The molecule has 3 nitrogen and oxygen atoms in total. The van der Waals surface area contributed by atoms with Gasteiger partial charge in [-0.1, -0.05) is 29.8 Å². The summed E-state index contributed by atoms with van der Waals surface area (Å²) in [7, 11) is 0. The van der Waals surface area contributed by atoms with Crippen LogP contribution in [-0.2, 0) is 0 Å². The van der Waals surface area contributed by atoms with Gasteiger partial charge in [-0.3, -0.25) is 9.29 Å². The van der Waals surface area contributed by atoms with E-state index in [1.807, 2.05) is 30.3 Å². The smallest absolute Gasteiger partial charge is 0.141 e. The molecule has 3 aromatic rings. The molecule has 1 atom stereocenters. The highest BCUT2D eigenvalue weighted by molar-refractivity contribution is 7.99. The van der Waals surface area contributed by atoms with Crippen LogP contribution in [0.3, 0.4) is 0 Å². The van der Waals surface area contributed by atoms with Gasteiger partial charge in [0, 0.05) is 30.3 Å². The second-order valence-electron chi connectivity index (χ2n) is 9.16. The summed E-state index contributed by atoms with van der Waals surface area (Å²) in [6.07, 6.45) is 2.36. The van der Waals surface area contributed by atoms with Crippen molar-refractivity contribution < 1.29 is 18.6 Å². The Balaban J connectivity index is 1.49. The first-order chi connectivity index (χ1) is 17.5. The van der Waals surface area contributed by atoms with E-state index in [1.165, 1.54) is 6.07 Å². The fourth-order valence-electron chi connectivity index (χ4n) is 4.96. The first-order valence-electron chi connectivity index (χ1n) is 12.2. The molecule has 2 aliphatic heterocycles. The minimum absolute atomic E-state index is 0.0910. The second kappa shape index (κ2) is 11.2. The Kier molecular flexibility index (Phi) is 7.85. The molecule has 7 heteroatoms. The van der Waals surface area contributed by atoms with Crippen LogP contribution in [0.1, 0.15) is 36.0 Å². The molecule has 1 N–H and O–H groups in total. The van der Waals surface area contributed by atoms with Crippen molar-refractivity contribution in [2.75, 3.05) is 32.1 Å². The molecule has 188 valence electrons. The molecular weight excluding hydrogens is 500 g/mol. The highest BCUT2D eigenvalue weighted by Crippen LogP contribution is 2.44. The van der Waals surface area contributed by atoms with Crippen LogP contribution < -0.4 is 4.74 Å². The predicted molar refractivity (Wildman–Crippen MR) is 143 cm³/mol. The molecule has 0 bridgehead atoms. The summed E-state index contributed by atoms with van der Waals surface area (Å²) in [5.74, 6) is 1.40. The summed E-state index contributed by atoms with van der Waals surface area (Å²) in [4.78, 5) is 3.33. The number of aromatic hydroxyl groups is 1. The fraction of sp³-hybridized carbons (Fsp3) is 0.310. The van der Waals surface area contributed by atoms with Crippen molar-refractivity contribution in [3.63, 3.8) is 0 Å². The Morgan fingerprint density at radius 2 is 1.86 bits per heavy atom. The van der Waals surface area contributed by atoms with Crippen LogP contribution >= 0.6 is 23.4 Å². The van der Waals surface area contributed by atoms with Gasteiger partial charge in [-0.25, -0.2) is 4.39 Å². The van der Waals surface area contributed by atoms with Gasteiger partial charge in [-0.15, -0.1) is 11.8 Å². The Hall–Kier alpha value is -2.54. The molecule has 1 saturated heterocycles. The van der Waals surface area contributed by atoms with Crippen molar-refractivity contribution in [3.05, 3.63) is 88.2 Å². The zero-order valence-electron chi connectivity index (χ0n) is 19.9. The lowest BCUT2D eigenvalue weighted by Crippen LogP contribution is -2.26. The molecule has 0 aliphatic carbocycles. The molecular formula is C29H28ClF2NO2S. The lowest BCUT2D eigenvalue weighted by atomic mass is 9.88. The summed E-state index contributed by atoms with van der Waals surface area (Å²) in [5.41, 5.74) is 4.86. The standard InChI is InChI=1S/C29H28ClF2NO2S/c30-26-16-20(4-8-27(26)32)24-11-15-36-28-9-5-21(34)17-25(28)29(24)19-2-6-22(7-3-19)35-23-10-14-33(18-23)13-1-12-31/h2-9,16-17,23,34H,1,10-15,18H2/t23-/m0/s1. The van der Waals surface area contributed by atoms with Crippen LogP contribution in [0.25, 0.3) is 11.1 Å². The van der Waals surface area contributed by atoms with Crippen LogP contribution in [0.4, 0.5) is 8.78 Å². The molecule has 0 amide bonds. The van der Waals surface area contributed by atoms with Crippen molar-refractivity contribution in [1.82, 2.24) is 4.90 Å². The highest BCUT2D eigenvalue weighted by atomic mass is 35.5. The molecule has 2 aliphatic rings. The summed E-state index contributed by atoms with van der Waals surface area (Å²) >= 11 is 7.89. The number of phenols is 1. The van der Waals surface area contributed by atoms with Crippen LogP contribution in [0.15, 0.2) is 65.6 Å². The molecule has 0 aromatic heterocycles. The van der Waals surface area contributed by atoms with Crippen molar-refractivity contribution in [2.45, 2.75) is 30.3 Å². The number of rotatable bonds is 7. The third-order valence-corrected chi connectivity index (χ3v) is 8.06. The van der Waals surface area contributed by atoms with E-state index in [4.69, 9.17) is 16.3 Å². The van der Waals surface area contributed by atoms with Gasteiger partial charge in [-0.05, 0) is 89.6 Å². The van der Waals surface area contributed by atoms with Gasteiger partial charge in [0.1, 0.15) is 23.4 Å². The molecule has 0 radical (unpaired) electrons. The number of alkyl halides is 1. The van der Waals surface area contributed by atoms with Gasteiger partial charge in [0.15, 0.2) is 0 Å². The molecule has 0 unspecified atom stereocenters. The maximum Gasteiger partial charge on any atom is 0.141 e. The zero-order chi connectivity index (χ0) is 25.1. The summed E-state index contributed by atoms with van der Waals surface area (Å²) < 4.78 is 32.7. The van der Waals surface area contributed by atoms with Crippen molar-refractivity contribution in [1.29, 1.82) is 0 Å². The quantitative estimate of drug-likeness (QED) is 0.346. The summed E-state index contributed by atoms with van der Waals surface area (Å²) in [6, 6.07) is 18.3. The number of benzene rings is 3. The molecule has 0 spiro atoms. The SMILES string of the molecule is Oc1ccc2c(c1)C(c1ccc(O[C@H]3CCN(CCCF)C3)cc1)=C(c1ccc(F)c(Cl)c1)CCS2. The number of phenolic OH excluding ortho intramolecular Hbond substituents is 1. The van der Waals surface area contributed by atoms with Gasteiger partial charge in [-0.2, -0.15) is 0 Å². The molecule has 36 heavy (non-hydrogen) atoms. The number of hydrogen-bond acceptors (Lipinski definition) is 4. The Morgan fingerprint density at radius 3 is 2.64 bits per heavy atom. The number of allylic oxidation sites excluding steroid dienone is 1. The minimum Gasteiger partial charge on any atom is -0.508 e. The first kappa shape index (κ1) is 25.1. The van der Waals surface area contributed by atoms with Gasteiger partial charge < -0.3 is 9.84 Å².